The molecule has 10 heteroatoms. The number of rotatable bonds is 7. The number of hydrogen-bond donors (Lipinski definition) is 1. The first-order valence-corrected chi connectivity index (χ1v) is 12.0. The van der Waals surface area contributed by atoms with Crippen LogP contribution in [-0.2, 0) is 27.5 Å². The van der Waals surface area contributed by atoms with E-state index < -0.39 is 41.4 Å². The summed E-state index contributed by atoms with van der Waals surface area (Å²) >= 11 is 0. The smallest absolute Gasteiger partial charge is 0.470 e. The molecule has 2 aliphatic carbocycles. The minimum Gasteiger partial charge on any atom is -0.470 e. The Balaban J connectivity index is 1.44. The van der Waals surface area contributed by atoms with Crippen LogP contribution in [0.15, 0.2) is 77.3 Å². The van der Waals surface area contributed by atoms with E-state index >= 15 is 0 Å². The van der Waals surface area contributed by atoms with Crippen molar-refractivity contribution in [1.82, 2.24) is 10.1 Å². The zero-order valence-electron chi connectivity index (χ0n) is 20.8. The third kappa shape index (κ3) is 4.48. The highest BCUT2D eigenvalue weighted by atomic mass is 16.7. The van der Waals surface area contributed by atoms with Crippen LogP contribution in [0.1, 0.15) is 33.3 Å². The van der Waals surface area contributed by atoms with Crippen LogP contribution in [0.3, 0.4) is 0 Å². The van der Waals surface area contributed by atoms with Crippen LogP contribution < -0.4 is 4.74 Å². The average molecular weight is 519 g/mol. The van der Waals surface area contributed by atoms with Crippen LogP contribution in [0.5, 0.6) is 5.88 Å². The van der Waals surface area contributed by atoms with Crippen LogP contribution in [-0.4, -0.2) is 58.7 Å². The molecule has 0 radical (unpaired) electrons. The van der Waals surface area contributed by atoms with Gasteiger partial charge in [0.25, 0.3) is 5.88 Å². The molecular weight excluding hydrogens is 492 g/mol. The largest absolute Gasteiger partial charge is 0.509 e. The lowest BCUT2D eigenvalue weighted by Crippen LogP contribution is -2.63. The zero-order valence-corrected chi connectivity index (χ0v) is 20.8. The van der Waals surface area contributed by atoms with Gasteiger partial charge in [0.15, 0.2) is 17.1 Å². The lowest BCUT2D eigenvalue weighted by Gasteiger charge is -2.46. The summed E-state index contributed by atoms with van der Waals surface area (Å²) in [7, 11) is 3.37. The molecule has 2 aliphatic rings. The second-order valence-corrected chi connectivity index (χ2v) is 9.36. The molecule has 0 saturated heterocycles. The van der Waals surface area contributed by atoms with Gasteiger partial charge in [-0.2, -0.15) is 0 Å². The van der Waals surface area contributed by atoms with Gasteiger partial charge in [0.1, 0.15) is 24.9 Å². The topological polar surface area (TPSA) is 128 Å². The van der Waals surface area contributed by atoms with Gasteiger partial charge in [-0.15, -0.1) is 0 Å². The number of ether oxygens (including phenoxy) is 3. The molecule has 38 heavy (non-hydrogen) atoms. The Morgan fingerprint density at radius 2 is 1.66 bits per heavy atom. The Labute approximate surface area is 218 Å². The van der Waals surface area contributed by atoms with Gasteiger partial charge in [-0.25, -0.2) is 4.79 Å². The molecular formula is C28H26N2O8. The maximum absolute atomic E-state index is 13.7. The molecule has 10 nitrogen and oxygen atoms in total. The van der Waals surface area contributed by atoms with E-state index in [-0.39, 0.29) is 30.4 Å². The second-order valence-electron chi connectivity index (χ2n) is 9.36. The van der Waals surface area contributed by atoms with Gasteiger partial charge in [0, 0.05) is 0 Å². The predicted molar refractivity (Wildman–Crippen MR) is 132 cm³/mol. The van der Waals surface area contributed by atoms with Crippen LogP contribution in [0.25, 0.3) is 0 Å². The molecule has 0 amide bonds. The van der Waals surface area contributed by atoms with Crippen molar-refractivity contribution >= 4 is 17.7 Å². The maximum atomic E-state index is 13.7. The van der Waals surface area contributed by atoms with Gasteiger partial charge < -0.3 is 23.8 Å². The highest BCUT2D eigenvalue weighted by Crippen LogP contribution is 2.50. The Morgan fingerprint density at radius 1 is 1.03 bits per heavy atom. The summed E-state index contributed by atoms with van der Waals surface area (Å²) in [5.41, 5.74) is -1.08. The summed E-state index contributed by atoms with van der Waals surface area (Å²) in [4.78, 5) is 41.0. The molecule has 3 aromatic rings. The molecule has 2 aromatic carbocycles. The van der Waals surface area contributed by atoms with E-state index in [1.54, 1.807) is 31.1 Å². The second kappa shape index (κ2) is 10.2. The van der Waals surface area contributed by atoms with Crippen LogP contribution >= 0.6 is 0 Å². The summed E-state index contributed by atoms with van der Waals surface area (Å²) in [5.74, 6) is -3.02. The number of nitrogens with zero attached hydrogens (tertiary/aromatic N) is 2. The van der Waals surface area contributed by atoms with Crippen LogP contribution in [0.4, 0.5) is 4.79 Å². The molecule has 0 spiro atoms. The average Bonchev–Trinajstić information content (AvgIpc) is 3.34. The molecule has 196 valence electrons. The van der Waals surface area contributed by atoms with Crippen molar-refractivity contribution in [3.05, 3.63) is 95.3 Å². The first-order valence-electron chi connectivity index (χ1n) is 12.0. The van der Waals surface area contributed by atoms with E-state index in [4.69, 9.17) is 18.7 Å². The number of fused-ring (bicyclic) bond motifs is 2. The van der Waals surface area contributed by atoms with Crippen LogP contribution in [0.2, 0.25) is 0 Å². The van der Waals surface area contributed by atoms with E-state index in [0.717, 1.165) is 17.2 Å². The highest BCUT2D eigenvalue weighted by molar-refractivity contribution is 6.23. The molecule has 1 N–H and O–H groups in total. The first kappa shape index (κ1) is 25.4. The Hall–Kier alpha value is -4.28. The summed E-state index contributed by atoms with van der Waals surface area (Å²) in [5, 5.41) is 15.6. The molecule has 1 heterocycles. The minimum atomic E-state index is -2.54. The fourth-order valence-corrected chi connectivity index (χ4v) is 4.91. The van der Waals surface area contributed by atoms with E-state index in [9.17, 15) is 19.5 Å². The fourth-order valence-electron chi connectivity index (χ4n) is 4.91. The summed E-state index contributed by atoms with van der Waals surface area (Å²) < 4.78 is 22.1. The van der Waals surface area contributed by atoms with Gasteiger partial charge in [-0.05, 0) is 42.5 Å². The lowest BCUT2D eigenvalue weighted by atomic mass is 9.64. The minimum absolute atomic E-state index is 0.0334. The highest BCUT2D eigenvalue weighted by Gasteiger charge is 2.64. The van der Waals surface area contributed by atoms with Crippen molar-refractivity contribution in [2.24, 2.45) is 5.92 Å². The van der Waals surface area contributed by atoms with Gasteiger partial charge in [-0.1, -0.05) is 60.7 Å². The van der Waals surface area contributed by atoms with E-state index in [1.807, 2.05) is 48.5 Å². The van der Waals surface area contributed by atoms with Crippen molar-refractivity contribution in [3.8, 4) is 5.88 Å². The third-order valence-corrected chi connectivity index (χ3v) is 6.73. The Kier molecular flexibility index (Phi) is 6.83. The molecule has 0 unspecified atom stereocenters. The predicted octanol–water partition coefficient (Wildman–Crippen LogP) is 3.26. The number of carbonyl (C=O) groups excluding carboxylic acids is 3. The maximum Gasteiger partial charge on any atom is 0.509 e. The number of carbonyl (C=O) groups is 3. The van der Waals surface area contributed by atoms with Gasteiger partial charge in [0.2, 0.25) is 5.78 Å². The molecule has 0 bridgehead atoms. The number of aromatic nitrogens is 1. The molecule has 4 atom stereocenters. The molecule has 0 fully saturated rings. The van der Waals surface area contributed by atoms with Crippen LogP contribution in [0, 0.1) is 5.92 Å². The van der Waals surface area contributed by atoms with Crippen molar-refractivity contribution in [2.75, 3.05) is 14.1 Å². The fraction of sp³-hybridized carbons (Fsp3) is 0.286. The van der Waals surface area contributed by atoms with Crippen molar-refractivity contribution in [1.29, 1.82) is 0 Å². The standard InChI is InChI=1S/C28H26N2O8/c1-30(2)23-22-19(37-27(33)36-16-18-11-7-4-8-12-18)13-14-20(31)28(22,34)25(32)21-24(23)38-29-26(21)35-15-17-9-5-3-6-10-17/h3-14,19,22-23,34H,15-16H2,1-2H3/t19-,22-,23-,28+/m0/s1. The molecule has 5 rings (SSSR count). The summed E-state index contributed by atoms with van der Waals surface area (Å²) in [6, 6.07) is 17.4. The summed E-state index contributed by atoms with van der Waals surface area (Å²) in [6.45, 7) is 0.0583. The lowest BCUT2D eigenvalue weighted by molar-refractivity contribution is -0.145. The third-order valence-electron chi connectivity index (χ3n) is 6.73. The number of aliphatic hydroxyl groups is 1. The molecule has 0 aliphatic heterocycles. The number of hydrogen-bond acceptors (Lipinski definition) is 10. The SMILES string of the molecule is CN(C)[C@@H]1c2onc(OCc3ccccc3)c2C(=O)[C@@]2(O)C(=O)C=C[C@H](OC(=O)OCc3ccccc3)[C@@H]12. The molecule has 0 saturated carbocycles. The molecule has 1 aromatic heterocycles. The van der Waals surface area contributed by atoms with Gasteiger partial charge in [0.05, 0.1) is 12.0 Å². The summed E-state index contributed by atoms with van der Waals surface area (Å²) in [6.07, 6.45) is 0.187. The Morgan fingerprint density at radius 3 is 2.29 bits per heavy atom. The quantitative estimate of drug-likeness (QED) is 0.368. The van der Waals surface area contributed by atoms with E-state index in [1.165, 1.54) is 6.08 Å². The monoisotopic (exact) mass is 518 g/mol. The van der Waals surface area contributed by atoms with Crippen molar-refractivity contribution in [3.63, 3.8) is 0 Å². The van der Waals surface area contributed by atoms with E-state index in [2.05, 4.69) is 5.16 Å². The number of ketones is 2. The zero-order chi connectivity index (χ0) is 26.9. The number of benzene rings is 2. The van der Waals surface area contributed by atoms with Gasteiger partial charge >= 0.3 is 6.16 Å². The van der Waals surface area contributed by atoms with Crippen molar-refractivity contribution in [2.45, 2.75) is 31.0 Å². The van der Waals surface area contributed by atoms with Gasteiger partial charge in [-0.3, -0.25) is 14.5 Å². The van der Waals surface area contributed by atoms with E-state index in [0.29, 0.717) is 0 Å². The normalized spacial score (nSPS) is 24.1. The number of Topliss-reactive ketones (excluding diaryl/α,β-unsaturated/α-hetero) is 1. The Bertz CT molecular complexity index is 1370. The van der Waals surface area contributed by atoms with Crippen molar-refractivity contribution < 1.29 is 38.2 Å². The first-order chi connectivity index (χ1) is 18.3.